The molecule has 0 N–H and O–H groups in total. The van der Waals surface area contributed by atoms with Gasteiger partial charge in [0.1, 0.15) is 0 Å². The molecule has 0 aliphatic rings. The van der Waals surface area contributed by atoms with Gasteiger partial charge in [-0.1, -0.05) is 35.9 Å². The van der Waals surface area contributed by atoms with E-state index in [9.17, 15) is 4.79 Å². The Morgan fingerprint density at radius 1 is 0.952 bits per heavy atom. The van der Waals surface area contributed by atoms with Crippen molar-refractivity contribution in [2.75, 3.05) is 14.2 Å². The summed E-state index contributed by atoms with van der Waals surface area (Å²) < 4.78 is 10.4. The maximum atomic E-state index is 12.2. The number of benzene rings is 2. The topological polar surface area (TPSA) is 35.5 Å². The maximum Gasteiger partial charge on any atom is 0.185 e. The van der Waals surface area contributed by atoms with Crippen LogP contribution in [-0.2, 0) is 0 Å². The third kappa shape index (κ3) is 3.72. The predicted octanol–water partition coefficient (Wildman–Crippen LogP) is 3.91. The van der Waals surface area contributed by atoms with Gasteiger partial charge in [-0.15, -0.1) is 0 Å². The number of carbonyl (C=O) groups excluding carboxylic acids is 1. The van der Waals surface area contributed by atoms with Crippen molar-refractivity contribution in [3.63, 3.8) is 0 Å². The number of aryl methyl sites for hydroxylation is 1. The summed E-state index contributed by atoms with van der Waals surface area (Å²) in [5.74, 6) is 1.08. The molecule has 0 fully saturated rings. The highest BCUT2D eigenvalue weighted by Crippen LogP contribution is 2.27. The number of ether oxygens (including phenoxy) is 2. The molecule has 0 unspecified atom stereocenters. The monoisotopic (exact) mass is 282 g/mol. The molecule has 108 valence electrons. The van der Waals surface area contributed by atoms with Gasteiger partial charge in [-0.2, -0.15) is 0 Å². The van der Waals surface area contributed by atoms with Crippen molar-refractivity contribution in [3.05, 3.63) is 65.2 Å². The van der Waals surface area contributed by atoms with Crippen LogP contribution in [0.3, 0.4) is 0 Å². The molecule has 2 rings (SSSR count). The van der Waals surface area contributed by atoms with Gasteiger partial charge in [0.25, 0.3) is 0 Å². The number of hydrogen-bond acceptors (Lipinski definition) is 3. The molecule has 2 aromatic carbocycles. The fourth-order valence-electron chi connectivity index (χ4n) is 1.94. The zero-order valence-corrected chi connectivity index (χ0v) is 12.4. The van der Waals surface area contributed by atoms with E-state index in [1.807, 2.05) is 31.2 Å². The Hall–Kier alpha value is -2.55. The molecule has 0 spiro atoms. The molecule has 0 heterocycles. The Kier molecular flexibility index (Phi) is 4.77. The van der Waals surface area contributed by atoms with Crippen LogP contribution in [0, 0.1) is 6.92 Å². The number of hydrogen-bond donors (Lipinski definition) is 0. The molecule has 0 amide bonds. The van der Waals surface area contributed by atoms with Crippen LogP contribution >= 0.6 is 0 Å². The van der Waals surface area contributed by atoms with Gasteiger partial charge in [-0.25, -0.2) is 0 Å². The van der Waals surface area contributed by atoms with E-state index in [-0.39, 0.29) is 5.78 Å². The highest BCUT2D eigenvalue weighted by molar-refractivity contribution is 6.07. The van der Waals surface area contributed by atoms with E-state index in [1.165, 1.54) is 5.56 Å². The van der Waals surface area contributed by atoms with E-state index >= 15 is 0 Å². The fourth-order valence-corrected chi connectivity index (χ4v) is 1.94. The van der Waals surface area contributed by atoms with E-state index in [1.54, 1.807) is 44.6 Å². The smallest absolute Gasteiger partial charge is 0.185 e. The van der Waals surface area contributed by atoms with Crippen LogP contribution in [0.5, 0.6) is 11.5 Å². The van der Waals surface area contributed by atoms with Gasteiger partial charge in [0.05, 0.1) is 14.2 Å². The van der Waals surface area contributed by atoms with E-state index in [4.69, 9.17) is 9.47 Å². The quantitative estimate of drug-likeness (QED) is 0.616. The number of ketones is 1. The van der Waals surface area contributed by atoms with Crippen LogP contribution in [0.4, 0.5) is 0 Å². The van der Waals surface area contributed by atoms with Crippen molar-refractivity contribution in [1.29, 1.82) is 0 Å². The Morgan fingerprint density at radius 3 is 2.24 bits per heavy atom. The van der Waals surface area contributed by atoms with E-state index in [0.29, 0.717) is 17.1 Å². The van der Waals surface area contributed by atoms with E-state index < -0.39 is 0 Å². The zero-order valence-electron chi connectivity index (χ0n) is 12.4. The Labute approximate surface area is 124 Å². The molecule has 0 radical (unpaired) electrons. The summed E-state index contributed by atoms with van der Waals surface area (Å²) in [4.78, 5) is 12.2. The largest absolute Gasteiger partial charge is 0.493 e. The number of methoxy groups -OCH3 is 2. The lowest BCUT2D eigenvalue weighted by Crippen LogP contribution is -1.97. The zero-order chi connectivity index (χ0) is 15.2. The third-order valence-electron chi connectivity index (χ3n) is 3.17. The van der Waals surface area contributed by atoms with Crippen molar-refractivity contribution in [2.24, 2.45) is 0 Å². The Morgan fingerprint density at radius 2 is 1.62 bits per heavy atom. The van der Waals surface area contributed by atoms with Gasteiger partial charge in [-0.3, -0.25) is 4.79 Å². The molecule has 2 aromatic rings. The van der Waals surface area contributed by atoms with E-state index in [0.717, 1.165) is 5.56 Å². The second-order valence-corrected chi connectivity index (χ2v) is 4.68. The first-order valence-electron chi connectivity index (χ1n) is 6.65. The summed E-state index contributed by atoms with van der Waals surface area (Å²) in [6, 6.07) is 13.1. The molecule has 0 aliphatic heterocycles. The summed E-state index contributed by atoms with van der Waals surface area (Å²) in [5.41, 5.74) is 2.75. The van der Waals surface area contributed by atoms with Crippen molar-refractivity contribution in [2.45, 2.75) is 6.92 Å². The van der Waals surface area contributed by atoms with Gasteiger partial charge in [0.15, 0.2) is 17.3 Å². The summed E-state index contributed by atoms with van der Waals surface area (Å²) in [6.07, 6.45) is 3.37. The van der Waals surface area contributed by atoms with Crippen LogP contribution in [0.15, 0.2) is 48.5 Å². The predicted molar refractivity (Wildman–Crippen MR) is 84.1 cm³/mol. The van der Waals surface area contributed by atoms with Gasteiger partial charge in [-0.05, 0) is 36.8 Å². The minimum atomic E-state index is -0.0727. The van der Waals surface area contributed by atoms with Crippen molar-refractivity contribution in [1.82, 2.24) is 0 Å². The maximum absolute atomic E-state index is 12.2. The second kappa shape index (κ2) is 6.75. The second-order valence-electron chi connectivity index (χ2n) is 4.68. The number of rotatable bonds is 5. The molecule has 0 aliphatic carbocycles. The number of allylic oxidation sites excluding steroid dienone is 1. The summed E-state index contributed by atoms with van der Waals surface area (Å²) in [7, 11) is 3.12. The molecule has 21 heavy (non-hydrogen) atoms. The lowest BCUT2D eigenvalue weighted by molar-refractivity contribution is 0.104. The molecule has 0 aromatic heterocycles. The first-order chi connectivity index (χ1) is 10.1. The lowest BCUT2D eigenvalue weighted by Gasteiger charge is -2.07. The Bertz CT molecular complexity index is 655. The SMILES string of the molecule is COc1ccc(C(=O)/C=C/c2ccc(C)cc2)cc1OC. The molecule has 0 saturated heterocycles. The molecule has 0 saturated carbocycles. The summed E-state index contributed by atoms with van der Waals surface area (Å²) in [5, 5.41) is 0. The van der Waals surface area contributed by atoms with Crippen LogP contribution in [-0.4, -0.2) is 20.0 Å². The van der Waals surface area contributed by atoms with Gasteiger partial charge in [0, 0.05) is 5.56 Å². The van der Waals surface area contributed by atoms with Crippen LogP contribution in [0.2, 0.25) is 0 Å². The molecule has 3 nitrogen and oxygen atoms in total. The molecule has 0 atom stereocenters. The lowest BCUT2D eigenvalue weighted by atomic mass is 10.1. The average molecular weight is 282 g/mol. The molecule has 0 bridgehead atoms. The highest BCUT2D eigenvalue weighted by Gasteiger charge is 2.08. The molecule has 3 heteroatoms. The van der Waals surface area contributed by atoms with Gasteiger partial charge in [0.2, 0.25) is 0 Å². The highest BCUT2D eigenvalue weighted by atomic mass is 16.5. The van der Waals surface area contributed by atoms with Crippen LogP contribution in [0.25, 0.3) is 6.08 Å². The number of carbonyl (C=O) groups is 1. The van der Waals surface area contributed by atoms with Gasteiger partial charge < -0.3 is 9.47 Å². The minimum Gasteiger partial charge on any atom is -0.493 e. The van der Waals surface area contributed by atoms with Crippen LogP contribution in [0.1, 0.15) is 21.5 Å². The van der Waals surface area contributed by atoms with Crippen molar-refractivity contribution < 1.29 is 14.3 Å². The molecular formula is C18H18O3. The van der Waals surface area contributed by atoms with Crippen LogP contribution < -0.4 is 9.47 Å². The third-order valence-corrected chi connectivity index (χ3v) is 3.17. The van der Waals surface area contributed by atoms with Crippen molar-refractivity contribution >= 4 is 11.9 Å². The molecular weight excluding hydrogens is 264 g/mol. The first kappa shape index (κ1) is 14.9. The Balaban J connectivity index is 2.18. The summed E-state index contributed by atoms with van der Waals surface area (Å²) in [6.45, 7) is 2.03. The van der Waals surface area contributed by atoms with E-state index in [2.05, 4.69) is 0 Å². The minimum absolute atomic E-state index is 0.0727. The average Bonchev–Trinajstić information content (AvgIpc) is 2.53. The first-order valence-corrected chi connectivity index (χ1v) is 6.65. The van der Waals surface area contributed by atoms with Crippen molar-refractivity contribution in [3.8, 4) is 11.5 Å². The normalized spacial score (nSPS) is 10.6. The summed E-state index contributed by atoms with van der Waals surface area (Å²) >= 11 is 0. The van der Waals surface area contributed by atoms with Gasteiger partial charge >= 0.3 is 0 Å². The standard InChI is InChI=1S/C18H18O3/c1-13-4-6-14(7-5-13)8-10-16(19)15-9-11-17(20-2)18(12-15)21-3/h4-12H,1-3H3/b10-8+. The fraction of sp³-hybridized carbons (Fsp3) is 0.167.